The second-order valence-corrected chi connectivity index (χ2v) is 8.54. The highest BCUT2D eigenvalue weighted by Crippen LogP contribution is 2.16. The van der Waals surface area contributed by atoms with Crippen LogP contribution in [0.5, 0.6) is 0 Å². The van der Waals surface area contributed by atoms with Crippen molar-refractivity contribution in [3.63, 3.8) is 0 Å². The summed E-state index contributed by atoms with van der Waals surface area (Å²) < 4.78 is 22.2. The number of rotatable bonds is 7. The number of likely N-dealkylation sites (tertiary alicyclic amines) is 1. The topological polar surface area (TPSA) is 60.9 Å². The molecule has 0 aromatic rings. The molecule has 0 radical (unpaired) electrons. The summed E-state index contributed by atoms with van der Waals surface area (Å²) in [4.78, 5) is 18.3. The van der Waals surface area contributed by atoms with Crippen LogP contribution >= 0.6 is 0 Å². The molecule has 1 aliphatic rings. The van der Waals surface area contributed by atoms with E-state index in [1.807, 2.05) is 4.90 Å². The fraction of sp³-hybridized carbons (Fsp3) is 0.929. The van der Waals surface area contributed by atoms with Gasteiger partial charge in [0.15, 0.2) is 0 Å². The molecule has 0 aromatic carbocycles. The smallest absolute Gasteiger partial charge is 0.223 e. The Morgan fingerprint density at radius 1 is 1.14 bits per heavy atom. The highest BCUT2D eigenvalue weighted by molar-refractivity contribution is 7.90. The van der Waals surface area contributed by atoms with E-state index in [0.29, 0.717) is 6.04 Å². The molecule has 1 heterocycles. The molecule has 0 aliphatic carbocycles. The van der Waals surface area contributed by atoms with Crippen LogP contribution in [0.2, 0.25) is 0 Å². The minimum Gasteiger partial charge on any atom is -0.343 e. The standard InChI is InChI=1S/C14H29N3O3S/c1-15(2)10-11-16(3)13-5-8-17(9-6-13)14(18)7-12-21(4,19)20/h13H,5-12H2,1-4H3. The van der Waals surface area contributed by atoms with Crippen LogP contribution in [-0.4, -0.2) is 94.4 Å². The zero-order chi connectivity index (χ0) is 16.0. The molecule has 124 valence electrons. The Hall–Kier alpha value is -0.660. The zero-order valence-electron chi connectivity index (χ0n) is 13.7. The predicted molar refractivity (Wildman–Crippen MR) is 85.1 cm³/mol. The lowest BCUT2D eigenvalue weighted by Gasteiger charge is -2.37. The van der Waals surface area contributed by atoms with Gasteiger partial charge in [0, 0.05) is 44.9 Å². The van der Waals surface area contributed by atoms with Crippen molar-refractivity contribution in [3.05, 3.63) is 0 Å². The summed E-state index contributed by atoms with van der Waals surface area (Å²) in [6.45, 7) is 3.53. The van der Waals surface area contributed by atoms with Crippen molar-refractivity contribution in [2.75, 3.05) is 59.3 Å². The lowest BCUT2D eigenvalue weighted by Crippen LogP contribution is -2.47. The molecule has 1 rings (SSSR count). The van der Waals surface area contributed by atoms with E-state index in [4.69, 9.17) is 0 Å². The Morgan fingerprint density at radius 3 is 2.19 bits per heavy atom. The van der Waals surface area contributed by atoms with Gasteiger partial charge in [-0.1, -0.05) is 0 Å². The number of sulfone groups is 1. The first kappa shape index (κ1) is 18.4. The van der Waals surface area contributed by atoms with Gasteiger partial charge in [-0.2, -0.15) is 0 Å². The number of nitrogens with zero attached hydrogens (tertiary/aromatic N) is 3. The average Bonchev–Trinajstić information content (AvgIpc) is 2.41. The molecule has 0 atom stereocenters. The molecule has 0 unspecified atom stereocenters. The van der Waals surface area contributed by atoms with Crippen molar-refractivity contribution >= 4 is 15.7 Å². The van der Waals surface area contributed by atoms with Crippen LogP contribution in [0.1, 0.15) is 19.3 Å². The first-order chi connectivity index (χ1) is 9.69. The second kappa shape index (κ2) is 8.10. The van der Waals surface area contributed by atoms with Crippen molar-refractivity contribution in [3.8, 4) is 0 Å². The fourth-order valence-corrected chi connectivity index (χ4v) is 3.07. The Kier molecular flexibility index (Phi) is 7.09. The predicted octanol–water partition coefficient (Wildman–Crippen LogP) is -0.0945. The maximum absolute atomic E-state index is 12.0. The maximum atomic E-state index is 12.0. The van der Waals surface area contributed by atoms with Gasteiger partial charge < -0.3 is 14.7 Å². The number of likely N-dealkylation sites (N-methyl/N-ethyl adjacent to an activating group) is 2. The van der Waals surface area contributed by atoms with Gasteiger partial charge in [-0.25, -0.2) is 8.42 Å². The molecule has 1 saturated heterocycles. The Labute approximate surface area is 129 Å². The zero-order valence-corrected chi connectivity index (χ0v) is 14.5. The van der Waals surface area contributed by atoms with Crippen LogP contribution in [0.15, 0.2) is 0 Å². The first-order valence-electron chi connectivity index (χ1n) is 7.49. The quantitative estimate of drug-likeness (QED) is 0.656. The van der Waals surface area contributed by atoms with E-state index in [9.17, 15) is 13.2 Å². The number of hydrogen-bond donors (Lipinski definition) is 0. The third-order valence-electron chi connectivity index (χ3n) is 4.03. The molecule has 0 bridgehead atoms. The highest BCUT2D eigenvalue weighted by Gasteiger charge is 2.25. The molecular formula is C14H29N3O3S. The van der Waals surface area contributed by atoms with Crippen molar-refractivity contribution in [2.24, 2.45) is 0 Å². The summed E-state index contributed by atoms with van der Waals surface area (Å²) in [7, 11) is 3.21. The average molecular weight is 319 g/mol. The Bertz CT molecular complexity index is 429. The number of carbonyl (C=O) groups is 1. The first-order valence-corrected chi connectivity index (χ1v) is 9.55. The van der Waals surface area contributed by atoms with Crippen LogP contribution in [0, 0.1) is 0 Å². The van der Waals surface area contributed by atoms with Crippen molar-refractivity contribution in [1.29, 1.82) is 0 Å². The molecule has 1 aliphatic heterocycles. The number of piperidine rings is 1. The van der Waals surface area contributed by atoms with E-state index >= 15 is 0 Å². The molecule has 0 saturated carbocycles. The van der Waals surface area contributed by atoms with Crippen molar-refractivity contribution < 1.29 is 13.2 Å². The van der Waals surface area contributed by atoms with Gasteiger partial charge in [-0.3, -0.25) is 4.79 Å². The van der Waals surface area contributed by atoms with Crippen LogP contribution in [-0.2, 0) is 14.6 Å². The number of amides is 1. The van der Waals surface area contributed by atoms with E-state index < -0.39 is 9.84 Å². The van der Waals surface area contributed by atoms with Gasteiger partial charge in [-0.05, 0) is 34.0 Å². The number of carbonyl (C=O) groups excluding carboxylic acids is 1. The maximum Gasteiger partial charge on any atom is 0.223 e. The van der Waals surface area contributed by atoms with Crippen LogP contribution in [0.3, 0.4) is 0 Å². The summed E-state index contributed by atoms with van der Waals surface area (Å²) in [6.07, 6.45) is 3.22. The monoisotopic (exact) mass is 319 g/mol. The molecule has 1 fully saturated rings. The minimum absolute atomic E-state index is 0.0326. The van der Waals surface area contributed by atoms with E-state index in [0.717, 1.165) is 39.0 Å². The van der Waals surface area contributed by atoms with Gasteiger partial charge >= 0.3 is 0 Å². The van der Waals surface area contributed by atoms with Crippen molar-refractivity contribution in [1.82, 2.24) is 14.7 Å². The molecule has 21 heavy (non-hydrogen) atoms. The summed E-state index contributed by atoms with van der Waals surface area (Å²) in [5.74, 6) is -0.0797. The normalized spacial score (nSPS) is 17.7. The number of hydrogen-bond acceptors (Lipinski definition) is 5. The molecule has 0 spiro atoms. The second-order valence-electron chi connectivity index (χ2n) is 6.28. The van der Waals surface area contributed by atoms with E-state index in [2.05, 4.69) is 30.9 Å². The van der Waals surface area contributed by atoms with E-state index in [1.165, 1.54) is 6.26 Å². The largest absolute Gasteiger partial charge is 0.343 e. The molecule has 1 amide bonds. The highest BCUT2D eigenvalue weighted by atomic mass is 32.2. The summed E-state index contributed by atoms with van der Waals surface area (Å²) in [6, 6.07) is 0.518. The Morgan fingerprint density at radius 2 is 1.71 bits per heavy atom. The van der Waals surface area contributed by atoms with Gasteiger partial charge in [0.1, 0.15) is 9.84 Å². The summed E-state index contributed by atoms with van der Waals surface area (Å²) in [5.41, 5.74) is 0. The van der Waals surface area contributed by atoms with Gasteiger partial charge in [-0.15, -0.1) is 0 Å². The molecular weight excluding hydrogens is 290 g/mol. The fourth-order valence-electron chi connectivity index (χ4n) is 2.53. The van der Waals surface area contributed by atoms with Gasteiger partial charge in [0.05, 0.1) is 5.75 Å². The lowest BCUT2D eigenvalue weighted by molar-refractivity contribution is -0.132. The third-order valence-corrected chi connectivity index (χ3v) is 4.97. The third kappa shape index (κ3) is 7.24. The molecule has 0 aromatic heterocycles. The van der Waals surface area contributed by atoms with Crippen LogP contribution in [0.25, 0.3) is 0 Å². The van der Waals surface area contributed by atoms with E-state index in [1.54, 1.807) is 0 Å². The lowest BCUT2D eigenvalue weighted by atomic mass is 10.0. The van der Waals surface area contributed by atoms with Crippen LogP contribution < -0.4 is 0 Å². The Balaban J connectivity index is 2.32. The minimum atomic E-state index is -3.06. The molecule has 7 heteroatoms. The SMILES string of the molecule is CN(C)CCN(C)C1CCN(C(=O)CCS(C)(=O)=O)CC1. The summed E-state index contributed by atoms with van der Waals surface area (Å²) in [5, 5.41) is 0. The molecule has 0 N–H and O–H groups in total. The van der Waals surface area contributed by atoms with Gasteiger partial charge in [0.2, 0.25) is 5.91 Å². The molecule has 6 nitrogen and oxygen atoms in total. The van der Waals surface area contributed by atoms with Crippen molar-refractivity contribution in [2.45, 2.75) is 25.3 Å². The summed E-state index contributed by atoms with van der Waals surface area (Å²) >= 11 is 0. The van der Waals surface area contributed by atoms with E-state index in [-0.39, 0.29) is 18.1 Å². The van der Waals surface area contributed by atoms with Crippen LogP contribution in [0.4, 0.5) is 0 Å². The van der Waals surface area contributed by atoms with Gasteiger partial charge in [0.25, 0.3) is 0 Å².